The van der Waals surface area contributed by atoms with Crippen LogP contribution in [0.4, 0.5) is 14.5 Å². The zero-order chi connectivity index (χ0) is 10.6. The smallest absolute Gasteiger partial charge is 0.255 e. The van der Waals surface area contributed by atoms with Crippen LogP contribution in [-0.4, -0.2) is 18.0 Å². The van der Waals surface area contributed by atoms with Gasteiger partial charge in [0.15, 0.2) is 0 Å². The van der Waals surface area contributed by atoms with Crippen LogP contribution in [0.1, 0.15) is 11.4 Å². The van der Waals surface area contributed by atoms with E-state index in [0.29, 0.717) is 11.4 Å². The second kappa shape index (κ2) is 4.51. The number of hydrogen-bond acceptors (Lipinski definition) is 3. The number of nitrogens with zero attached hydrogens (tertiary/aromatic N) is 2. The fraction of sp³-hybridized carbons (Fsp3) is 0.333. The lowest BCUT2D eigenvalue weighted by Gasteiger charge is -2.06. The van der Waals surface area contributed by atoms with Gasteiger partial charge in [-0.2, -0.15) is 5.26 Å². The molecule has 0 radical (unpaired) electrons. The molecule has 5 heteroatoms. The molecule has 0 saturated carbocycles. The van der Waals surface area contributed by atoms with Gasteiger partial charge in [-0.25, -0.2) is 13.8 Å². The third-order valence-corrected chi connectivity index (χ3v) is 1.53. The Morgan fingerprint density at radius 3 is 2.86 bits per heavy atom. The number of aryl methyl sites for hydroxylation is 1. The van der Waals surface area contributed by atoms with Crippen molar-refractivity contribution in [1.29, 1.82) is 5.26 Å². The van der Waals surface area contributed by atoms with E-state index in [0.717, 1.165) is 0 Å². The maximum atomic E-state index is 11.9. The third kappa shape index (κ3) is 2.98. The Kier molecular flexibility index (Phi) is 3.35. The molecule has 1 aromatic rings. The summed E-state index contributed by atoms with van der Waals surface area (Å²) < 4.78 is 23.7. The first-order chi connectivity index (χ1) is 6.61. The summed E-state index contributed by atoms with van der Waals surface area (Å²) in [6.45, 7) is 1.28. The molecule has 14 heavy (non-hydrogen) atoms. The molecule has 0 spiro atoms. The Balaban J connectivity index is 2.78. The molecule has 0 fully saturated rings. The van der Waals surface area contributed by atoms with Crippen LogP contribution < -0.4 is 5.32 Å². The molecule has 1 N–H and O–H groups in total. The average molecular weight is 197 g/mol. The van der Waals surface area contributed by atoms with E-state index in [1.54, 1.807) is 13.0 Å². The lowest BCUT2D eigenvalue weighted by molar-refractivity contribution is 0.163. The van der Waals surface area contributed by atoms with Crippen LogP contribution >= 0.6 is 0 Å². The molecule has 0 unspecified atom stereocenters. The van der Waals surface area contributed by atoms with Crippen molar-refractivity contribution in [3.8, 4) is 6.07 Å². The van der Waals surface area contributed by atoms with Gasteiger partial charge < -0.3 is 5.32 Å². The van der Waals surface area contributed by atoms with E-state index in [4.69, 9.17) is 5.26 Å². The van der Waals surface area contributed by atoms with E-state index in [1.165, 1.54) is 6.07 Å². The summed E-state index contributed by atoms with van der Waals surface area (Å²) >= 11 is 0. The number of alkyl halides is 2. The molecule has 0 bridgehead atoms. The molecular formula is C9H9F2N3. The van der Waals surface area contributed by atoms with Crippen molar-refractivity contribution in [1.82, 2.24) is 4.98 Å². The standard InChI is InChI=1S/C9H9F2N3/c1-6-2-7(13-5-9(10)11)3-8(4-12)14-6/h2-3,9H,5H2,1H3,(H,13,14). The zero-order valence-electron chi connectivity index (χ0n) is 7.59. The van der Waals surface area contributed by atoms with Crippen LogP contribution in [0.2, 0.25) is 0 Å². The van der Waals surface area contributed by atoms with Gasteiger partial charge in [-0.05, 0) is 19.1 Å². The maximum Gasteiger partial charge on any atom is 0.255 e. The van der Waals surface area contributed by atoms with Gasteiger partial charge in [-0.15, -0.1) is 0 Å². The van der Waals surface area contributed by atoms with Crippen molar-refractivity contribution in [3.63, 3.8) is 0 Å². The van der Waals surface area contributed by atoms with E-state index in [1.807, 2.05) is 6.07 Å². The minimum Gasteiger partial charge on any atom is -0.379 e. The Morgan fingerprint density at radius 1 is 1.57 bits per heavy atom. The van der Waals surface area contributed by atoms with Crippen molar-refractivity contribution in [2.75, 3.05) is 11.9 Å². The van der Waals surface area contributed by atoms with E-state index in [9.17, 15) is 8.78 Å². The number of anilines is 1. The summed E-state index contributed by atoms with van der Waals surface area (Å²) in [6, 6.07) is 4.91. The summed E-state index contributed by atoms with van der Waals surface area (Å²) in [7, 11) is 0. The van der Waals surface area contributed by atoms with E-state index in [-0.39, 0.29) is 5.69 Å². The van der Waals surface area contributed by atoms with Crippen LogP contribution in [0, 0.1) is 18.3 Å². The highest BCUT2D eigenvalue weighted by Gasteiger charge is 2.03. The van der Waals surface area contributed by atoms with Crippen LogP contribution in [0.15, 0.2) is 12.1 Å². The molecule has 3 nitrogen and oxygen atoms in total. The fourth-order valence-electron chi connectivity index (χ4n) is 1.02. The summed E-state index contributed by atoms with van der Waals surface area (Å²) in [5.41, 5.74) is 1.34. The predicted octanol–water partition coefficient (Wildman–Crippen LogP) is 1.94. The first-order valence-electron chi connectivity index (χ1n) is 4.02. The highest BCUT2D eigenvalue weighted by Crippen LogP contribution is 2.11. The van der Waals surface area contributed by atoms with Crippen molar-refractivity contribution >= 4 is 5.69 Å². The molecule has 74 valence electrons. The molecule has 0 aromatic carbocycles. The van der Waals surface area contributed by atoms with Crippen LogP contribution in [0.3, 0.4) is 0 Å². The highest BCUT2D eigenvalue weighted by molar-refractivity contribution is 5.47. The minimum atomic E-state index is -2.41. The quantitative estimate of drug-likeness (QED) is 0.805. The number of hydrogen-bond donors (Lipinski definition) is 1. The minimum absolute atomic E-state index is 0.224. The molecule has 0 aliphatic carbocycles. The lowest BCUT2D eigenvalue weighted by Crippen LogP contribution is -2.10. The third-order valence-electron chi connectivity index (χ3n) is 1.53. The average Bonchev–Trinajstić information content (AvgIpc) is 2.14. The SMILES string of the molecule is Cc1cc(NCC(F)F)cc(C#N)n1. The highest BCUT2D eigenvalue weighted by atomic mass is 19.3. The number of aromatic nitrogens is 1. The molecule has 0 aliphatic heterocycles. The zero-order valence-corrected chi connectivity index (χ0v) is 7.59. The normalized spacial score (nSPS) is 9.93. The van der Waals surface area contributed by atoms with Gasteiger partial charge in [0.05, 0.1) is 6.54 Å². The Morgan fingerprint density at radius 2 is 2.29 bits per heavy atom. The van der Waals surface area contributed by atoms with E-state index >= 15 is 0 Å². The molecule has 0 atom stereocenters. The number of pyridine rings is 1. The summed E-state index contributed by atoms with van der Waals surface area (Å²) in [5, 5.41) is 11.1. The topological polar surface area (TPSA) is 48.7 Å². The Hall–Kier alpha value is -1.70. The number of halogens is 2. The van der Waals surface area contributed by atoms with Crippen molar-refractivity contribution in [3.05, 3.63) is 23.5 Å². The number of rotatable bonds is 3. The second-order valence-corrected chi connectivity index (χ2v) is 2.77. The van der Waals surface area contributed by atoms with Gasteiger partial charge in [0.1, 0.15) is 11.8 Å². The van der Waals surface area contributed by atoms with Crippen LogP contribution in [-0.2, 0) is 0 Å². The molecule has 1 heterocycles. The molecule has 1 aromatic heterocycles. The van der Waals surface area contributed by atoms with Gasteiger partial charge in [-0.3, -0.25) is 0 Å². The van der Waals surface area contributed by atoms with Crippen LogP contribution in [0.5, 0.6) is 0 Å². The van der Waals surface area contributed by atoms with Crippen molar-refractivity contribution in [2.24, 2.45) is 0 Å². The first kappa shape index (κ1) is 10.4. The Bertz CT molecular complexity index is 358. The van der Waals surface area contributed by atoms with Crippen LogP contribution in [0.25, 0.3) is 0 Å². The monoisotopic (exact) mass is 197 g/mol. The van der Waals surface area contributed by atoms with E-state index < -0.39 is 13.0 Å². The van der Waals surface area contributed by atoms with E-state index in [2.05, 4.69) is 10.3 Å². The summed E-state index contributed by atoms with van der Waals surface area (Å²) in [6.07, 6.45) is -2.41. The molecular weight excluding hydrogens is 188 g/mol. The van der Waals surface area contributed by atoms with Crippen molar-refractivity contribution < 1.29 is 8.78 Å². The van der Waals surface area contributed by atoms with Gasteiger partial charge in [0.25, 0.3) is 6.43 Å². The van der Waals surface area contributed by atoms with Gasteiger partial charge in [0, 0.05) is 11.4 Å². The molecule has 0 amide bonds. The van der Waals surface area contributed by atoms with Gasteiger partial charge >= 0.3 is 0 Å². The maximum absolute atomic E-state index is 11.9. The molecule has 0 saturated heterocycles. The fourth-order valence-corrected chi connectivity index (χ4v) is 1.02. The van der Waals surface area contributed by atoms with Gasteiger partial charge in [0.2, 0.25) is 0 Å². The number of nitrogens with one attached hydrogen (secondary N) is 1. The second-order valence-electron chi connectivity index (χ2n) is 2.77. The first-order valence-corrected chi connectivity index (χ1v) is 4.02. The Labute approximate surface area is 80.4 Å². The molecule has 0 aliphatic rings. The lowest BCUT2D eigenvalue weighted by atomic mass is 10.3. The molecule has 1 rings (SSSR count). The van der Waals surface area contributed by atoms with Crippen molar-refractivity contribution in [2.45, 2.75) is 13.3 Å². The summed E-state index contributed by atoms with van der Waals surface area (Å²) in [4.78, 5) is 3.89. The number of nitriles is 1. The predicted molar refractivity (Wildman–Crippen MR) is 48.2 cm³/mol. The summed E-state index contributed by atoms with van der Waals surface area (Å²) in [5.74, 6) is 0. The largest absolute Gasteiger partial charge is 0.379 e. The van der Waals surface area contributed by atoms with Gasteiger partial charge in [-0.1, -0.05) is 0 Å².